The molecular weight excluding hydrogens is 407 g/mol. The highest BCUT2D eigenvalue weighted by Crippen LogP contribution is 2.43. The number of nitrogens with zero attached hydrogens (tertiary/aromatic N) is 4. The van der Waals surface area contributed by atoms with E-state index in [0.717, 1.165) is 0 Å². The van der Waals surface area contributed by atoms with E-state index >= 15 is 4.39 Å². The summed E-state index contributed by atoms with van der Waals surface area (Å²) < 4.78 is 22.5. The standard InChI is InChI=1S/C17H15FN6O2S.C3H6/c1-3-26-16-13(9-4-21-23-15(9)17(27-2)14(16)18)10-6-24-7-11(20-8-25)22-12(24)5-19-10;1-2-3-1/h4-8H,3H2,1-2H3,(H,20,25)(H,21,23);1-3H2. The number of halogens is 1. The van der Waals surface area contributed by atoms with Crippen LogP contribution in [0.2, 0.25) is 0 Å². The van der Waals surface area contributed by atoms with Crippen molar-refractivity contribution in [1.82, 2.24) is 24.6 Å². The fraction of sp³-hybridized carbons (Fsp3) is 0.300. The van der Waals surface area contributed by atoms with Crippen molar-refractivity contribution in [1.29, 1.82) is 0 Å². The van der Waals surface area contributed by atoms with Crippen LogP contribution in [-0.4, -0.2) is 43.8 Å². The minimum absolute atomic E-state index is 0.133. The molecular formula is C20H21FN6O2S. The minimum Gasteiger partial charge on any atom is -0.490 e. The van der Waals surface area contributed by atoms with E-state index in [9.17, 15) is 4.79 Å². The predicted molar refractivity (Wildman–Crippen MR) is 115 cm³/mol. The van der Waals surface area contributed by atoms with Gasteiger partial charge in [-0.15, -0.1) is 11.8 Å². The molecule has 1 amide bonds. The van der Waals surface area contributed by atoms with Crippen LogP contribution in [0.25, 0.3) is 27.8 Å². The molecule has 4 aromatic rings. The van der Waals surface area contributed by atoms with Gasteiger partial charge in [-0.3, -0.25) is 14.9 Å². The molecule has 0 radical (unpaired) electrons. The van der Waals surface area contributed by atoms with Crippen LogP contribution in [0.5, 0.6) is 5.75 Å². The number of aromatic nitrogens is 5. The van der Waals surface area contributed by atoms with Crippen LogP contribution in [0.4, 0.5) is 10.2 Å². The Morgan fingerprint density at radius 2 is 2.13 bits per heavy atom. The number of benzene rings is 1. The average molecular weight is 428 g/mol. The van der Waals surface area contributed by atoms with Gasteiger partial charge in [0.05, 0.1) is 46.9 Å². The summed E-state index contributed by atoms with van der Waals surface area (Å²) in [5.74, 6) is 0.0762. The first-order valence-electron chi connectivity index (χ1n) is 9.58. The van der Waals surface area contributed by atoms with Crippen LogP contribution in [0, 0.1) is 5.82 Å². The highest BCUT2D eigenvalue weighted by Gasteiger charge is 2.24. The number of amides is 1. The van der Waals surface area contributed by atoms with Gasteiger partial charge in [-0.1, -0.05) is 19.3 Å². The van der Waals surface area contributed by atoms with Crippen molar-refractivity contribution in [3.8, 4) is 17.0 Å². The van der Waals surface area contributed by atoms with Gasteiger partial charge in [-0.2, -0.15) is 5.10 Å². The van der Waals surface area contributed by atoms with Crippen LogP contribution in [-0.2, 0) is 4.79 Å². The second-order valence-electron chi connectivity index (χ2n) is 6.63. The van der Waals surface area contributed by atoms with Crippen molar-refractivity contribution >= 4 is 40.5 Å². The molecule has 1 aliphatic rings. The molecule has 0 saturated heterocycles. The Balaban J connectivity index is 0.000000667. The minimum atomic E-state index is -0.452. The number of carbonyl (C=O) groups is 1. The SMILES string of the molecule is C1CC1.CCOc1c(F)c(SC)c2[nH]ncc2c1-c1cn2cc(NC=O)nc2cn1. The van der Waals surface area contributed by atoms with Gasteiger partial charge in [-0.05, 0) is 13.2 Å². The largest absolute Gasteiger partial charge is 0.490 e. The molecule has 1 aliphatic carbocycles. The molecule has 1 fully saturated rings. The zero-order chi connectivity index (χ0) is 21.1. The second kappa shape index (κ2) is 8.70. The van der Waals surface area contributed by atoms with E-state index in [4.69, 9.17) is 4.74 Å². The van der Waals surface area contributed by atoms with Crippen LogP contribution in [0.15, 0.2) is 29.7 Å². The van der Waals surface area contributed by atoms with Gasteiger partial charge in [-0.25, -0.2) is 9.37 Å². The number of H-pyrrole nitrogens is 1. The van der Waals surface area contributed by atoms with E-state index in [0.29, 0.717) is 51.5 Å². The molecule has 0 aliphatic heterocycles. The molecule has 5 rings (SSSR count). The number of carbonyl (C=O) groups excluding carboxylic acids is 1. The molecule has 8 nitrogen and oxygen atoms in total. The lowest BCUT2D eigenvalue weighted by Gasteiger charge is -2.15. The zero-order valence-electron chi connectivity index (χ0n) is 16.6. The van der Waals surface area contributed by atoms with E-state index in [1.54, 1.807) is 42.4 Å². The lowest BCUT2D eigenvalue weighted by Crippen LogP contribution is -2.01. The molecule has 30 heavy (non-hydrogen) atoms. The third-order valence-electron chi connectivity index (χ3n) is 4.41. The fourth-order valence-electron chi connectivity index (χ4n) is 2.98. The Kier molecular flexibility index (Phi) is 5.84. The Morgan fingerprint density at radius 1 is 1.33 bits per heavy atom. The van der Waals surface area contributed by atoms with Gasteiger partial charge in [0.15, 0.2) is 23.0 Å². The normalized spacial score (nSPS) is 12.5. The second-order valence-corrected chi connectivity index (χ2v) is 7.45. The van der Waals surface area contributed by atoms with Crippen molar-refractivity contribution in [3.63, 3.8) is 0 Å². The summed E-state index contributed by atoms with van der Waals surface area (Å²) in [6, 6.07) is 0. The van der Waals surface area contributed by atoms with E-state index in [1.807, 2.05) is 0 Å². The van der Waals surface area contributed by atoms with E-state index in [2.05, 4.69) is 25.5 Å². The van der Waals surface area contributed by atoms with E-state index in [-0.39, 0.29) is 5.75 Å². The summed E-state index contributed by atoms with van der Waals surface area (Å²) in [6.07, 6.45) is 13.4. The van der Waals surface area contributed by atoms with Crippen molar-refractivity contribution in [3.05, 3.63) is 30.6 Å². The van der Waals surface area contributed by atoms with Gasteiger partial charge in [0.25, 0.3) is 0 Å². The maximum Gasteiger partial charge on any atom is 0.212 e. The number of thioether (sulfide) groups is 1. The zero-order valence-corrected chi connectivity index (χ0v) is 17.4. The van der Waals surface area contributed by atoms with Gasteiger partial charge < -0.3 is 14.5 Å². The Hall–Kier alpha value is -3.14. The topological polar surface area (TPSA) is 97.2 Å². The first-order valence-corrected chi connectivity index (χ1v) is 10.8. The number of aromatic amines is 1. The van der Waals surface area contributed by atoms with Crippen LogP contribution >= 0.6 is 11.8 Å². The Morgan fingerprint density at radius 3 is 2.80 bits per heavy atom. The number of fused-ring (bicyclic) bond motifs is 2. The number of hydrogen-bond acceptors (Lipinski definition) is 6. The molecule has 156 valence electrons. The molecule has 3 aromatic heterocycles. The van der Waals surface area contributed by atoms with Crippen LogP contribution < -0.4 is 10.1 Å². The molecule has 3 heterocycles. The fourth-order valence-corrected chi connectivity index (χ4v) is 3.61. The smallest absolute Gasteiger partial charge is 0.212 e. The quantitative estimate of drug-likeness (QED) is 0.352. The predicted octanol–water partition coefficient (Wildman–Crippen LogP) is 4.27. The first kappa shape index (κ1) is 20.1. The monoisotopic (exact) mass is 428 g/mol. The number of anilines is 1. The third kappa shape index (κ3) is 3.82. The molecule has 1 saturated carbocycles. The molecule has 10 heteroatoms. The number of ether oxygens (including phenoxy) is 1. The van der Waals surface area contributed by atoms with Crippen molar-refractivity contribution in [2.75, 3.05) is 18.2 Å². The number of rotatable bonds is 6. The summed E-state index contributed by atoms with van der Waals surface area (Å²) in [4.78, 5) is 19.7. The summed E-state index contributed by atoms with van der Waals surface area (Å²) >= 11 is 1.28. The summed E-state index contributed by atoms with van der Waals surface area (Å²) in [7, 11) is 0. The maximum absolute atomic E-state index is 15.1. The molecule has 0 spiro atoms. The molecule has 0 unspecified atom stereocenters. The number of hydrogen-bond donors (Lipinski definition) is 2. The van der Waals surface area contributed by atoms with E-state index < -0.39 is 5.82 Å². The van der Waals surface area contributed by atoms with Crippen LogP contribution in [0.1, 0.15) is 26.2 Å². The van der Waals surface area contributed by atoms with Crippen molar-refractivity contribution in [2.24, 2.45) is 0 Å². The summed E-state index contributed by atoms with van der Waals surface area (Å²) in [5, 5.41) is 10.1. The Labute approximate surface area is 176 Å². The molecule has 1 aromatic carbocycles. The lowest BCUT2D eigenvalue weighted by atomic mass is 10.1. The van der Waals surface area contributed by atoms with Gasteiger partial charge in [0.1, 0.15) is 0 Å². The van der Waals surface area contributed by atoms with Crippen LogP contribution in [0.3, 0.4) is 0 Å². The van der Waals surface area contributed by atoms with Crippen molar-refractivity contribution in [2.45, 2.75) is 31.1 Å². The molecule has 0 bridgehead atoms. The Bertz CT molecular complexity index is 1200. The highest BCUT2D eigenvalue weighted by molar-refractivity contribution is 7.98. The lowest BCUT2D eigenvalue weighted by molar-refractivity contribution is -0.105. The van der Waals surface area contributed by atoms with Crippen molar-refractivity contribution < 1.29 is 13.9 Å². The molecule has 0 atom stereocenters. The highest BCUT2D eigenvalue weighted by atomic mass is 32.2. The first-order chi connectivity index (χ1) is 14.7. The van der Waals surface area contributed by atoms with Gasteiger partial charge >= 0.3 is 0 Å². The average Bonchev–Trinajstić information content (AvgIpc) is 3.46. The van der Waals surface area contributed by atoms with E-state index in [1.165, 1.54) is 31.0 Å². The van der Waals surface area contributed by atoms with Gasteiger partial charge in [0, 0.05) is 11.6 Å². The number of imidazole rings is 1. The summed E-state index contributed by atoms with van der Waals surface area (Å²) in [5.41, 5.74) is 2.15. The third-order valence-corrected chi connectivity index (χ3v) is 5.20. The summed E-state index contributed by atoms with van der Waals surface area (Å²) in [6.45, 7) is 2.10. The maximum atomic E-state index is 15.1. The number of nitrogens with one attached hydrogen (secondary N) is 2. The van der Waals surface area contributed by atoms with Gasteiger partial charge in [0.2, 0.25) is 6.41 Å². The molecule has 2 N–H and O–H groups in total.